The number of hydrogen-bond donors (Lipinski definition) is 1. The fourth-order valence-corrected chi connectivity index (χ4v) is 4.03. The molecule has 0 bridgehead atoms. The molecule has 2 rings (SSSR count). The standard InChI is InChI=1S/C15H25ClN2S/c1-4-5-12-9-18(14(8-17-12)11(2)3)10-13-6-7-15(16)19-13/h6-7,11-12,14,17H,4-5,8-10H2,1-3H3. The first-order valence-electron chi connectivity index (χ1n) is 7.31. The van der Waals surface area contributed by atoms with E-state index in [1.165, 1.54) is 17.7 Å². The van der Waals surface area contributed by atoms with Gasteiger partial charge in [-0.1, -0.05) is 38.8 Å². The summed E-state index contributed by atoms with van der Waals surface area (Å²) >= 11 is 7.76. The lowest BCUT2D eigenvalue weighted by atomic mass is 9.97. The number of rotatable bonds is 5. The van der Waals surface area contributed by atoms with Crippen LogP contribution < -0.4 is 5.32 Å². The van der Waals surface area contributed by atoms with Crippen LogP contribution in [0.25, 0.3) is 0 Å². The largest absolute Gasteiger partial charge is 0.311 e. The van der Waals surface area contributed by atoms with Crippen LogP contribution in [-0.4, -0.2) is 30.1 Å². The minimum atomic E-state index is 0.633. The lowest BCUT2D eigenvalue weighted by Crippen LogP contribution is -2.57. The van der Waals surface area contributed by atoms with Gasteiger partial charge in [0.2, 0.25) is 0 Å². The van der Waals surface area contributed by atoms with Crippen molar-refractivity contribution in [1.82, 2.24) is 10.2 Å². The molecule has 1 saturated heterocycles. The maximum atomic E-state index is 6.04. The molecule has 0 saturated carbocycles. The maximum absolute atomic E-state index is 6.04. The van der Waals surface area contributed by atoms with Crippen LogP contribution in [0.1, 0.15) is 38.5 Å². The van der Waals surface area contributed by atoms with Crippen LogP contribution in [0.3, 0.4) is 0 Å². The Morgan fingerprint density at radius 2 is 2.26 bits per heavy atom. The summed E-state index contributed by atoms with van der Waals surface area (Å²) in [6.07, 6.45) is 2.52. The number of halogens is 1. The van der Waals surface area contributed by atoms with Gasteiger partial charge in [-0.15, -0.1) is 11.3 Å². The van der Waals surface area contributed by atoms with E-state index >= 15 is 0 Å². The molecule has 1 aliphatic rings. The number of hydrogen-bond acceptors (Lipinski definition) is 3. The second-order valence-corrected chi connectivity index (χ2v) is 7.64. The van der Waals surface area contributed by atoms with Gasteiger partial charge in [-0.25, -0.2) is 0 Å². The van der Waals surface area contributed by atoms with E-state index in [1.54, 1.807) is 11.3 Å². The van der Waals surface area contributed by atoms with Crippen molar-refractivity contribution in [3.05, 3.63) is 21.3 Å². The van der Waals surface area contributed by atoms with Crippen molar-refractivity contribution in [2.75, 3.05) is 13.1 Å². The van der Waals surface area contributed by atoms with Gasteiger partial charge in [-0.3, -0.25) is 4.90 Å². The summed E-state index contributed by atoms with van der Waals surface area (Å²) in [6, 6.07) is 5.46. The Balaban J connectivity index is 2.02. The van der Waals surface area contributed by atoms with Gasteiger partial charge in [0.05, 0.1) is 4.34 Å². The third kappa shape index (κ3) is 4.19. The molecule has 19 heavy (non-hydrogen) atoms. The van der Waals surface area contributed by atoms with E-state index < -0.39 is 0 Å². The van der Waals surface area contributed by atoms with Gasteiger partial charge < -0.3 is 5.32 Å². The molecule has 1 aromatic heterocycles. The van der Waals surface area contributed by atoms with Crippen LogP contribution >= 0.6 is 22.9 Å². The smallest absolute Gasteiger partial charge is 0.0931 e. The van der Waals surface area contributed by atoms with E-state index in [-0.39, 0.29) is 0 Å². The molecule has 1 fully saturated rings. The molecule has 108 valence electrons. The average molecular weight is 301 g/mol. The summed E-state index contributed by atoms with van der Waals surface area (Å²) < 4.78 is 0.899. The highest BCUT2D eigenvalue weighted by atomic mass is 35.5. The highest BCUT2D eigenvalue weighted by Crippen LogP contribution is 2.26. The van der Waals surface area contributed by atoms with E-state index in [2.05, 4.69) is 37.1 Å². The van der Waals surface area contributed by atoms with Crippen molar-refractivity contribution in [3.63, 3.8) is 0 Å². The van der Waals surface area contributed by atoms with Crippen molar-refractivity contribution in [2.45, 2.75) is 52.2 Å². The predicted molar refractivity (Wildman–Crippen MR) is 85.1 cm³/mol. The second kappa shape index (κ2) is 7.07. The van der Waals surface area contributed by atoms with Crippen molar-refractivity contribution in [2.24, 2.45) is 5.92 Å². The Kier molecular flexibility index (Phi) is 5.70. The Morgan fingerprint density at radius 3 is 2.84 bits per heavy atom. The maximum Gasteiger partial charge on any atom is 0.0931 e. The van der Waals surface area contributed by atoms with Crippen molar-refractivity contribution in [1.29, 1.82) is 0 Å². The second-order valence-electron chi connectivity index (χ2n) is 5.84. The topological polar surface area (TPSA) is 15.3 Å². The highest BCUT2D eigenvalue weighted by molar-refractivity contribution is 7.16. The molecule has 1 aliphatic heterocycles. The summed E-state index contributed by atoms with van der Waals surface area (Å²) in [5.41, 5.74) is 0. The molecule has 4 heteroatoms. The summed E-state index contributed by atoms with van der Waals surface area (Å²) in [4.78, 5) is 4.02. The van der Waals surface area contributed by atoms with Crippen LogP contribution in [0.2, 0.25) is 4.34 Å². The van der Waals surface area contributed by atoms with E-state index in [1.807, 2.05) is 6.07 Å². The molecular weight excluding hydrogens is 276 g/mol. The van der Waals surface area contributed by atoms with Crippen LogP contribution in [0.15, 0.2) is 12.1 Å². The van der Waals surface area contributed by atoms with Gasteiger partial charge in [0, 0.05) is 36.6 Å². The lowest BCUT2D eigenvalue weighted by Gasteiger charge is -2.42. The van der Waals surface area contributed by atoms with Crippen LogP contribution in [-0.2, 0) is 6.54 Å². The molecule has 0 spiro atoms. The normalized spacial score (nSPS) is 25.1. The highest BCUT2D eigenvalue weighted by Gasteiger charge is 2.29. The number of nitrogens with one attached hydrogen (secondary N) is 1. The van der Waals surface area contributed by atoms with Gasteiger partial charge >= 0.3 is 0 Å². The van der Waals surface area contributed by atoms with Crippen LogP contribution in [0.4, 0.5) is 0 Å². The summed E-state index contributed by atoms with van der Waals surface area (Å²) in [6.45, 7) is 10.2. The molecule has 1 N–H and O–H groups in total. The zero-order valence-corrected chi connectivity index (χ0v) is 13.7. The van der Waals surface area contributed by atoms with E-state index in [0.717, 1.165) is 24.0 Å². The molecule has 0 aromatic carbocycles. The SMILES string of the molecule is CCCC1CN(Cc2ccc(Cl)s2)C(C(C)C)CN1. The minimum Gasteiger partial charge on any atom is -0.311 e. The van der Waals surface area contributed by atoms with Gasteiger partial charge in [-0.2, -0.15) is 0 Å². The molecule has 2 heterocycles. The summed E-state index contributed by atoms with van der Waals surface area (Å²) in [5.74, 6) is 0.686. The molecule has 0 aliphatic carbocycles. The van der Waals surface area contributed by atoms with Gasteiger partial charge in [-0.05, 0) is 24.5 Å². The summed E-state index contributed by atoms with van der Waals surface area (Å²) in [7, 11) is 0. The van der Waals surface area contributed by atoms with Crippen molar-refractivity contribution >= 4 is 22.9 Å². The fraction of sp³-hybridized carbons (Fsp3) is 0.733. The van der Waals surface area contributed by atoms with Crippen LogP contribution in [0.5, 0.6) is 0 Å². The predicted octanol–water partition coefficient (Wildman–Crippen LogP) is 4.00. The van der Waals surface area contributed by atoms with Crippen LogP contribution in [0, 0.1) is 5.92 Å². The molecule has 1 aromatic rings. The van der Waals surface area contributed by atoms with Gasteiger partial charge in [0.15, 0.2) is 0 Å². The zero-order valence-electron chi connectivity index (χ0n) is 12.2. The quantitative estimate of drug-likeness (QED) is 0.884. The Bertz CT molecular complexity index is 391. The average Bonchev–Trinajstić information content (AvgIpc) is 2.75. The lowest BCUT2D eigenvalue weighted by molar-refractivity contribution is 0.0895. The zero-order chi connectivity index (χ0) is 13.8. The summed E-state index contributed by atoms with van der Waals surface area (Å²) in [5, 5.41) is 3.71. The minimum absolute atomic E-state index is 0.633. The van der Waals surface area contributed by atoms with Crippen molar-refractivity contribution < 1.29 is 0 Å². The third-order valence-corrected chi connectivity index (χ3v) is 5.15. The van der Waals surface area contributed by atoms with Crippen molar-refractivity contribution in [3.8, 4) is 0 Å². The molecule has 2 atom stereocenters. The Labute approximate surface area is 126 Å². The van der Waals surface area contributed by atoms with E-state index in [0.29, 0.717) is 18.0 Å². The first kappa shape index (κ1) is 15.3. The first-order valence-corrected chi connectivity index (χ1v) is 8.51. The number of thiophene rings is 1. The number of nitrogens with zero attached hydrogens (tertiary/aromatic N) is 1. The fourth-order valence-electron chi connectivity index (χ4n) is 2.92. The van der Waals surface area contributed by atoms with E-state index in [9.17, 15) is 0 Å². The molecule has 2 unspecified atom stereocenters. The number of piperazine rings is 1. The Morgan fingerprint density at radius 1 is 1.47 bits per heavy atom. The molecule has 0 radical (unpaired) electrons. The molecule has 2 nitrogen and oxygen atoms in total. The van der Waals surface area contributed by atoms with Gasteiger partial charge in [0.25, 0.3) is 0 Å². The molecule has 0 amide bonds. The molecular formula is C15H25ClN2S. The van der Waals surface area contributed by atoms with E-state index in [4.69, 9.17) is 11.6 Å². The van der Waals surface area contributed by atoms with Gasteiger partial charge in [0.1, 0.15) is 0 Å². The Hall–Kier alpha value is -0.0900. The third-order valence-electron chi connectivity index (χ3n) is 3.93. The first-order chi connectivity index (χ1) is 9.10. The monoisotopic (exact) mass is 300 g/mol.